The SMILES string of the molecule is CCN(CC(C)O)C(=O)Nc1cccc2ccccc12. The number of carbonyl (C=O) groups is 1. The first-order valence-electron chi connectivity index (χ1n) is 6.83. The number of benzene rings is 2. The molecule has 0 bridgehead atoms. The summed E-state index contributed by atoms with van der Waals surface area (Å²) in [5, 5.41) is 14.4. The van der Waals surface area contributed by atoms with Gasteiger partial charge in [-0.1, -0.05) is 36.4 Å². The largest absolute Gasteiger partial charge is 0.392 e. The summed E-state index contributed by atoms with van der Waals surface area (Å²) in [4.78, 5) is 13.8. The monoisotopic (exact) mass is 272 g/mol. The maximum absolute atomic E-state index is 12.2. The van der Waals surface area contributed by atoms with Crippen molar-refractivity contribution in [2.24, 2.45) is 0 Å². The normalized spacial score (nSPS) is 12.2. The Bertz CT molecular complexity index is 591. The van der Waals surface area contributed by atoms with Gasteiger partial charge in [0, 0.05) is 18.5 Å². The van der Waals surface area contributed by atoms with Gasteiger partial charge in [0.1, 0.15) is 0 Å². The highest BCUT2D eigenvalue weighted by Gasteiger charge is 2.14. The standard InChI is InChI=1S/C16H20N2O2/c1-3-18(11-12(2)19)16(20)17-15-10-6-8-13-7-4-5-9-14(13)15/h4-10,12,19H,3,11H2,1-2H3,(H,17,20). The molecule has 0 saturated heterocycles. The number of likely N-dealkylation sites (N-methyl/N-ethyl adjacent to an activating group) is 1. The number of hydrogen-bond acceptors (Lipinski definition) is 2. The summed E-state index contributed by atoms with van der Waals surface area (Å²) in [5.74, 6) is 0. The average molecular weight is 272 g/mol. The number of hydrogen-bond donors (Lipinski definition) is 2. The quantitative estimate of drug-likeness (QED) is 0.898. The summed E-state index contributed by atoms with van der Waals surface area (Å²) in [6.07, 6.45) is -0.534. The maximum Gasteiger partial charge on any atom is 0.321 e. The molecule has 106 valence electrons. The topological polar surface area (TPSA) is 52.6 Å². The third kappa shape index (κ3) is 3.27. The van der Waals surface area contributed by atoms with Gasteiger partial charge in [-0.05, 0) is 25.3 Å². The van der Waals surface area contributed by atoms with E-state index in [2.05, 4.69) is 5.32 Å². The number of nitrogens with zero attached hydrogens (tertiary/aromatic N) is 1. The zero-order valence-corrected chi connectivity index (χ0v) is 11.8. The molecule has 0 heterocycles. The summed E-state index contributed by atoms with van der Waals surface area (Å²) in [7, 11) is 0. The van der Waals surface area contributed by atoms with Crippen LogP contribution in [0.5, 0.6) is 0 Å². The summed E-state index contributed by atoms with van der Waals surface area (Å²) >= 11 is 0. The van der Waals surface area contributed by atoms with Crippen molar-refractivity contribution in [3.05, 3.63) is 42.5 Å². The van der Waals surface area contributed by atoms with Gasteiger partial charge in [0.05, 0.1) is 11.8 Å². The second kappa shape index (κ2) is 6.39. The summed E-state index contributed by atoms with van der Waals surface area (Å²) < 4.78 is 0. The molecule has 1 atom stereocenters. The van der Waals surface area contributed by atoms with E-state index >= 15 is 0 Å². The van der Waals surface area contributed by atoms with E-state index in [0.29, 0.717) is 13.1 Å². The van der Waals surface area contributed by atoms with Crippen molar-refractivity contribution in [1.82, 2.24) is 4.90 Å². The molecule has 0 saturated carbocycles. The highest BCUT2D eigenvalue weighted by atomic mass is 16.3. The number of anilines is 1. The Morgan fingerprint density at radius 2 is 1.95 bits per heavy atom. The van der Waals surface area contributed by atoms with Gasteiger partial charge in [-0.15, -0.1) is 0 Å². The molecular formula is C16H20N2O2. The van der Waals surface area contributed by atoms with Crippen molar-refractivity contribution < 1.29 is 9.90 Å². The van der Waals surface area contributed by atoms with Crippen LogP contribution in [-0.2, 0) is 0 Å². The zero-order chi connectivity index (χ0) is 14.5. The predicted molar refractivity (Wildman–Crippen MR) is 81.9 cm³/mol. The van der Waals surface area contributed by atoms with Crippen LogP contribution in [0.25, 0.3) is 10.8 Å². The van der Waals surface area contributed by atoms with Gasteiger partial charge in [-0.25, -0.2) is 4.79 Å². The Morgan fingerprint density at radius 1 is 1.25 bits per heavy atom. The van der Waals surface area contributed by atoms with Crippen LogP contribution in [0.3, 0.4) is 0 Å². The molecule has 0 aliphatic heterocycles. The van der Waals surface area contributed by atoms with Crippen molar-refractivity contribution in [2.45, 2.75) is 20.0 Å². The highest BCUT2D eigenvalue weighted by Crippen LogP contribution is 2.23. The molecule has 0 aliphatic rings. The van der Waals surface area contributed by atoms with Crippen LogP contribution in [0.1, 0.15) is 13.8 Å². The molecular weight excluding hydrogens is 252 g/mol. The fourth-order valence-corrected chi connectivity index (χ4v) is 2.20. The van der Waals surface area contributed by atoms with Crippen molar-refractivity contribution >= 4 is 22.5 Å². The van der Waals surface area contributed by atoms with E-state index in [1.54, 1.807) is 11.8 Å². The predicted octanol–water partition coefficient (Wildman–Crippen LogP) is 3.07. The Morgan fingerprint density at radius 3 is 2.65 bits per heavy atom. The smallest absolute Gasteiger partial charge is 0.321 e. The molecule has 4 nitrogen and oxygen atoms in total. The van der Waals surface area contributed by atoms with Gasteiger partial charge < -0.3 is 15.3 Å². The number of urea groups is 1. The number of aliphatic hydroxyl groups is 1. The molecule has 0 aromatic heterocycles. The number of rotatable bonds is 4. The van der Waals surface area contributed by atoms with Crippen LogP contribution in [-0.4, -0.2) is 35.2 Å². The zero-order valence-electron chi connectivity index (χ0n) is 11.8. The van der Waals surface area contributed by atoms with Crippen molar-refractivity contribution in [1.29, 1.82) is 0 Å². The van der Waals surface area contributed by atoms with Crippen molar-refractivity contribution in [3.63, 3.8) is 0 Å². The van der Waals surface area contributed by atoms with Crippen LogP contribution in [0.15, 0.2) is 42.5 Å². The average Bonchev–Trinajstić information content (AvgIpc) is 2.45. The van der Waals surface area contributed by atoms with Gasteiger partial charge in [-0.3, -0.25) is 0 Å². The molecule has 2 N–H and O–H groups in total. The van der Waals surface area contributed by atoms with E-state index in [9.17, 15) is 9.90 Å². The van der Waals surface area contributed by atoms with E-state index in [1.165, 1.54) is 0 Å². The molecule has 2 rings (SSSR count). The summed E-state index contributed by atoms with van der Waals surface area (Å²) in [5.41, 5.74) is 0.789. The van der Waals surface area contributed by atoms with Gasteiger partial charge in [0.25, 0.3) is 0 Å². The molecule has 0 fully saturated rings. The van der Waals surface area contributed by atoms with Gasteiger partial charge in [0.2, 0.25) is 0 Å². The fraction of sp³-hybridized carbons (Fsp3) is 0.312. The maximum atomic E-state index is 12.2. The first kappa shape index (κ1) is 14.3. The Labute approximate surface area is 119 Å². The lowest BCUT2D eigenvalue weighted by Gasteiger charge is -2.23. The molecule has 2 amide bonds. The lowest BCUT2D eigenvalue weighted by atomic mass is 10.1. The van der Waals surface area contributed by atoms with Gasteiger partial charge in [0.15, 0.2) is 0 Å². The minimum Gasteiger partial charge on any atom is -0.392 e. The molecule has 0 radical (unpaired) electrons. The van der Waals surface area contributed by atoms with Crippen molar-refractivity contribution in [3.8, 4) is 0 Å². The van der Waals surface area contributed by atoms with Crippen LogP contribution in [0.4, 0.5) is 10.5 Å². The summed E-state index contributed by atoms with van der Waals surface area (Å²) in [6.45, 7) is 4.45. The van der Waals surface area contributed by atoms with Crippen LogP contribution in [0.2, 0.25) is 0 Å². The number of carbonyl (C=O) groups excluding carboxylic acids is 1. The van der Waals surface area contributed by atoms with E-state index < -0.39 is 6.10 Å². The minimum atomic E-state index is -0.534. The molecule has 4 heteroatoms. The second-order valence-electron chi connectivity index (χ2n) is 4.84. The fourth-order valence-electron chi connectivity index (χ4n) is 2.20. The van der Waals surface area contributed by atoms with Gasteiger partial charge in [-0.2, -0.15) is 0 Å². The number of aliphatic hydroxyl groups excluding tert-OH is 1. The molecule has 1 unspecified atom stereocenters. The second-order valence-corrected chi connectivity index (χ2v) is 4.84. The molecule has 0 aliphatic carbocycles. The van der Waals surface area contributed by atoms with Crippen molar-refractivity contribution in [2.75, 3.05) is 18.4 Å². The van der Waals surface area contributed by atoms with Gasteiger partial charge >= 0.3 is 6.03 Å². The molecule has 20 heavy (non-hydrogen) atoms. The Kier molecular flexibility index (Phi) is 4.58. The summed E-state index contributed by atoms with van der Waals surface area (Å²) in [6, 6.07) is 13.5. The molecule has 2 aromatic rings. The number of nitrogens with one attached hydrogen (secondary N) is 1. The van der Waals surface area contributed by atoms with E-state index in [1.807, 2.05) is 49.4 Å². The van der Waals surface area contributed by atoms with Crippen LogP contribution in [0, 0.1) is 0 Å². The van der Waals surface area contributed by atoms with Crippen LogP contribution < -0.4 is 5.32 Å². The lowest BCUT2D eigenvalue weighted by molar-refractivity contribution is 0.141. The Hall–Kier alpha value is -2.07. The number of fused-ring (bicyclic) bond motifs is 1. The molecule has 2 aromatic carbocycles. The third-order valence-electron chi connectivity index (χ3n) is 3.18. The first-order chi connectivity index (χ1) is 9.61. The Balaban J connectivity index is 2.21. The lowest BCUT2D eigenvalue weighted by Crippen LogP contribution is -2.39. The van der Waals surface area contributed by atoms with E-state index in [0.717, 1.165) is 16.5 Å². The third-order valence-corrected chi connectivity index (χ3v) is 3.18. The highest BCUT2D eigenvalue weighted by molar-refractivity contribution is 6.01. The van der Waals surface area contributed by atoms with E-state index in [4.69, 9.17) is 0 Å². The van der Waals surface area contributed by atoms with Crippen LogP contribution >= 0.6 is 0 Å². The number of amides is 2. The minimum absolute atomic E-state index is 0.190. The molecule has 0 spiro atoms. The van der Waals surface area contributed by atoms with E-state index in [-0.39, 0.29) is 6.03 Å². The first-order valence-corrected chi connectivity index (χ1v) is 6.83.